The van der Waals surface area contributed by atoms with Crippen LogP contribution in [-0.4, -0.2) is 21.3 Å². The molecule has 0 spiro atoms. The molecule has 4 aromatic rings. The standard InChI is InChI=1S/C28H22ClF6N3O2/c1-16-5-7-18(8-6-16)22-21-4-2-10-36-23(21)26(40)38(11-3-9-29)24(22)25(39)37-15-17-12-19(27(30,31)32)14-20(13-17)28(33,34)35/h2,4-8,10,12-14H,3,9,11,15H2,1H3,(H,37,39). The maximum Gasteiger partial charge on any atom is 0.416 e. The fraction of sp³-hybridized carbons (Fsp3) is 0.250. The van der Waals surface area contributed by atoms with Crippen LogP contribution >= 0.6 is 11.6 Å². The highest BCUT2D eigenvalue weighted by molar-refractivity contribution is 6.17. The molecule has 12 heteroatoms. The third kappa shape index (κ3) is 6.14. The Balaban J connectivity index is 1.86. The predicted octanol–water partition coefficient (Wildman–Crippen LogP) is 6.97. The van der Waals surface area contributed by atoms with Gasteiger partial charge in [-0.2, -0.15) is 26.3 Å². The third-order valence-electron chi connectivity index (χ3n) is 6.20. The van der Waals surface area contributed by atoms with Crippen LogP contribution in [0.5, 0.6) is 0 Å². The fourth-order valence-electron chi connectivity index (χ4n) is 4.34. The molecule has 210 valence electrons. The van der Waals surface area contributed by atoms with Crippen molar-refractivity contribution in [3.63, 3.8) is 0 Å². The number of aromatic nitrogens is 2. The molecule has 0 saturated carbocycles. The van der Waals surface area contributed by atoms with E-state index >= 15 is 0 Å². The number of benzene rings is 2. The van der Waals surface area contributed by atoms with Crippen LogP contribution in [0.4, 0.5) is 26.3 Å². The molecule has 0 aliphatic carbocycles. The van der Waals surface area contributed by atoms with Crippen LogP contribution in [0.1, 0.15) is 39.2 Å². The van der Waals surface area contributed by atoms with Crippen molar-refractivity contribution in [2.24, 2.45) is 0 Å². The van der Waals surface area contributed by atoms with Gasteiger partial charge in [0.15, 0.2) is 0 Å². The SMILES string of the molecule is Cc1ccc(-c2c(C(=O)NCc3cc(C(F)(F)F)cc(C(F)(F)F)c3)n(CCCCl)c(=O)c3ncccc23)cc1. The summed E-state index contributed by atoms with van der Waals surface area (Å²) in [5.41, 5.74) is -2.17. The Hall–Kier alpha value is -3.86. The number of alkyl halides is 7. The zero-order valence-corrected chi connectivity index (χ0v) is 21.7. The van der Waals surface area contributed by atoms with Gasteiger partial charge in [0.2, 0.25) is 0 Å². The number of pyridine rings is 2. The van der Waals surface area contributed by atoms with Crippen molar-refractivity contribution in [3.05, 3.63) is 99.1 Å². The lowest BCUT2D eigenvalue weighted by Crippen LogP contribution is -2.34. The van der Waals surface area contributed by atoms with Gasteiger partial charge in [-0.15, -0.1) is 11.6 Å². The lowest BCUT2D eigenvalue weighted by molar-refractivity contribution is -0.143. The maximum atomic E-state index is 13.7. The Labute approximate surface area is 229 Å². The summed E-state index contributed by atoms with van der Waals surface area (Å²) in [5, 5.41) is 2.78. The number of rotatable bonds is 7. The van der Waals surface area contributed by atoms with Crippen LogP contribution in [0.15, 0.2) is 65.6 Å². The van der Waals surface area contributed by atoms with Gasteiger partial charge in [0, 0.05) is 36.1 Å². The minimum absolute atomic E-state index is 0.0149. The molecule has 0 aliphatic heterocycles. The zero-order valence-electron chi connectivity index (χ0n) is 21.0. The van der Waals surface area contributed by atoms with Gasteiger partial charge < -0.3 is 9.88 Å². The van der Waals surface area contributed by atoms with Gasteiger partial charge in [0.05, 0.1) is 11.1 Å². The third-order valence-corrected chi connectivity index (χ3v) is 6.47. The Morgan fingerprint density at radius 2 is 1.60 bits per heavy atom. The van der Waals surface area contributed by atoms with Crippen LogP contribution in [0.3, 0.4) is 0 Å². The normalized spacial score (nSPS) is 12.1. The van der Waals surface area contributed by atoms with E-state index in [1.807, 2.05) is 6.92 Å². The summed E-state index contributed by atoms with van der Waals surface area (Å²) in [4.78, 5) is 31.3. The first kappa shape index (κ1) is 29.1. The maximum absolute atomic E-state index is 13.7. The van der Waals surface area contributed by atoms with Crippen molar-refractivity contribution in [2.45, 2.75) is 38.8 Å². The smallest absolute Gasteiger partial charge is 0.347 e. The number of amides is 1. The zero-order chi connectivity index (χ0) is 29.2. The van der Waals surface area contributed by atoms with Gasteiger partial charge in [-0.1, -0.05) is 35.9 Å². The van der Waals surface area contributed by atoms with E-state index in [0.29, 0.717) is 35.1 Å². The van der Waals surface area contributed by atoms with E-state index in [4.69, 9.17) is 11.6 Å². The highest BCUT2D eigenvalue weighted by atomic mass is 35.5. The minimum atomic E-state index is -5.04. The number of carbonyl (C=O) groups excluding carboxylic acids is 1. The Morgan fingerprint density at radius 1 is 0.975 bits per heavy atom. The molecule has 40 heavy (non-hydrogen) atoms. The van der Waals surface area contributed by atoms with E-state index in [9.17, 15) is 35.9 Å². The van der Waals surface area contributed by atoms with Crippen molar-refractivity contribution in [1.82, 2.24) is 14.9 Å². The van der Waals surface area contributed by atoms with Gasteiger partial charge in [-0.05, 0) is 48.7 Å². The van der Waals surface area contributed by atoms with E-state index in [2.05, 4.69) is 10.3 Å². The van der Waals surface area contributed by atoms with E-state index in [0.717, 1.165) is 5.56 Å². The molecule has 0 fully saturated rings. The Kier molecular flexibility index (Phi) is 8.25. The number of aryl methyl sites for hydroxylation is 1. The van der Waals surface area contributed by atoms with Crippen LogP contribution in [-0.2, 0) is 25.4 Å². The summed E-state index contributed by atoms with van der Waals surface area (Å²) >= 11 is 5.86. The molecular formula is C28H22ClF6N3O2. The molecule has 0 unspecified atom stereocenters. The molecule has 1 amide bonds. The van der Waals surface area contributed by atoms with E-state index in [1.54, 1.807) is 36.4 Å². The molecule has 0 bridgehead atoms. The molecule has 0 aliphatic rings. The molecular weight excluding hydrogens is 560 g/mol. The fourth-order valence-corrected chi connectivity index (χ4v) is 4.46. The van der Waals surface area contributed by atoms with Gasteiger partial charge in [-0.25, -0.2) is 0 Å². The minimum Gasteiger partial charge on any atom is -0.347 e. The van der Waals surface area contributed by atoms with Crippen LogP contribution in [0, 0.1) is 6.92 Å². The summed E-state index contributed by atoms with van der Waals surface area (Å²) in [6.45, 7) is 1.23. The van der Waals surface area contributed by atoms with E-state index in [1.165, 1.54) is 10.8 Å². The average molecular weight is 582 g/mol. The van der Waals surface area contributed by atoms with Crippen LogP contribution in [0.25, 0.3) is 22.0 Å². The molecule has 0 saturated heterocycles. The van der Waals surface area contributed by atoms with Crippen LogP contribution in [0.2, 0.25) is 0 Å². The lowest BCUT2D eigenvalue weighted by atomic mass is 9.97. The number of nitrogens with zero attached hydrogens (tertiary/aromatic N) is 2. The topological polar surface area (TPSA) is 64.0 Å². The van der Waals surface area contributed by atoms with Gasteiger partial charge in [0.1, 0.15) is 11.2 Å². The average Bonchev–Trinajstić information content (AvgIpc) is 2.90. The number of fused-ring (bicyclic) bond motifs is 1. The van der Waals surface area contributed by atoms with Crippen LogP contribution < -0.4 is 10.9 Å². The molecule has 1 N–H and O–H groups in total. The van der Waals surface area contributed by atoms with Gasteiger partial charge in [-0.3, -0.25) is 14.6 Å². The second-order valence-electron chi connectivity index (χ2n) is 9.09. The highest BCUT2D eigenvalue weighted by Gasteiger charge is 2.37. The summed E-state index contributed by atoms with van der Waals surface area (Å²) in [7, 11) is 0. The molecule has 5 nitrogen and oxygen atoms in total. The summed E-state index contributed by atoms with van der Waals surface area (Å²) in [6.07, 6.45) is -8.34. The molecule has 2 aromatic carbocycles. The number of halogens is 7. The molecule has 2 heterocycles. The first-order valence-corrected chi connectivity index (χ1v) is 12.6. The largest absolute Gasteiger partial charge is 0.416 e. The monoisotopic (exact) mass is 581 g/mol. The summed E-state index contributed by atoms with van der Waals surface area (Å²) in [6, 6.07) is 11.4. The van der Waals surface area contributed by atoms with Gasteiger partial charge in [0.25, 0.3) is 11.5 Å². The molecule has 4 rings (SSSR count). The number of hydrogen-bond acceptors (Lipinski definition) is 3. The number of nitrogens with one attached hydrogen (secondary N) is 1. The highest BCUT2D eigenvalue weighted by Crippen LogP contribution is 2.36. The summed E-state index contributed by atoms with van der Waals surface area (Å²) in [5.74, 6) is -0.697. The van der Waals surface area contributed by atoms with Crippen molar-refractivity contribution in [1.29, 1.82) is 0 Å². The first-order chi connectivity index (χ1) is 18.8. The molecule has 0 atom stereocenters. The second kappa shape index (κ2) is 11.3. The summed E-state index contributed by atoms with van der Waals surface area (Å²) < 4.78 is 81.1. The first-order valence-electron chi connectivity index (χ1n) is 12.0. The number of hydrogen-bond donors (Lipinski definition) is 1. The van der Waals surface area contributed by atoms with E-state index in [-0.39, 0.29) is 29.7 Å². The molecule has 2 aromatic heterocycles. The van der Waals surface area contributed by atoms with Gasteiger partial charge >= 0.3 is 12.4 Å². The van der Waals surface area contributed by atoms with Crippen molar-refractivity contribution in [2.75, 3.05) is 5.88 Å². The molecule has 0 radical (unpaired) electrons. The quantitative estimate of drug-likeness (QED) is 0.189. The lowest BCUT2D eigenvalue weighted by Gasteiger charge is -2.20. The Bertz CT molecular complexity index is 1580. The second-order valence-corrected chi connectivity index (χ2v) is 9.46. The van der Waals surface area contributed by atoms with E-state index < -0.39 is 47.1 Å². The number of carbonyl (C=O) groups is 1. The van der Waals surface area contributed by atoms with Crippen molar-refractivity contribution < 1.29 is 31.1 Å². The Morgan fingerprint density at radius 3 is 2.17 bits per heavy atom. The predicted molar refractivity (Wildman–Crippen MR) is 139 cm³/mol. The van der Waals surface area contributed by atoms with Crippen molar-refractivity contribution in [3.8, 4) is 11.1 Å². The van der Waals surface area contributed by atoms with Crippen molar-refractivity contribution >= 4 is 28.4 Å².